The minimum atomic E-state index is -4.60. The van der Waals surface area contributed by atoms with Gasteiger partial charge in [-0.3, -0.25) is 10.1 Å². The average molecular weight is 412 g/mol. The number of aromatic nitrogens is 3. The van der Waals surface area contributed by atoms with Gasteiger partial charge in [-0.1, -0.05) is 6.07 Å². The van der Waals surface area contributed by atoms with E-state index in [1.54, 1.807) is 12.3 Å². The van der Waals surface area contributed by atoms with Crippen molar-refractivity contribution in [3.8, 4) is 0 Å². The zero-order valence-electron chi connectivity index (χ0n) is 15.5. The van der Waals surface area contributed by atoms with Crippen LogP contribution in [0, 0.1) is 5.82 Å². The van der Waals surface area contributed by atoms with E-state index in [9.17, 15) is 17.6 Å². The van der Waals surface area contributed by atoms with Gasteiger partial charge in [-0.25, -0.2) is 4.39 Å². The summed E-state index contributed by atoms with van der Waals surface area (Å²) in [5.41, 5.74) is 2.16. The molecule has 4 rings (SSSR count). The lowest BCUT2D eigenvalue weighted by atomic mass is 10.1. The van der Waals surface area contributed by atoms with Gasteiger partial charge in [0, 0.05) is 23.8 Å². The molecule has 0 aliphatic heterocycles. The number of fused-ring (bicyclic) bond motifs is 1. The summed E-state index contributed by atoms with van der Waals surface area (Å²) in [6.07, 6.45) is 0.761. The van der Waals surface area contributed by atoms with Crippen molar-refractivity contribution in [2.75, 3.05) is 5.32 Å². The number of alkyl halides is 3. The highest BCUT2D eigenvalue weighted by molar-refractivity contribution is 5.91. The highest BCUT2D eigenvalue weighted by Gasteiger charge is 2.31. The standard InChI is InChI=1S/C22H16F4N4/c23-16-10-14(9-15(11-16)22(24,25)26)13-28-18-5-7-21-19(12-18)20(29-30-21)6-4-17-3-1-2-8-27-17/h1-12,28H,13H2,(H,29,30). The maximum atomic E-state index is 13.6. The number of rotatable bonds is 5. The van der Waals surface area contributed by atoms with Crippen LogP contribution in [0.3, 0.4) is 0 Å². The SMILES string of the molecule is Fc1cc(CNc2ccc3[nH]nc(C=Cc4ccccn4)c3c2)cc(C(F)(F)F)c1. The molecule has 8 heteroatoms. The minimum Gasteiger partial charge on any atom is -0.381 e. The van der Waals surface area contributed by atoms with E-state index in [2.05, 4.69) is 20.5 Å². The molecule has 0 bridgehead atoms. The molecule has 2 aromatic heterocycles. The van der Waals surface area contributed by atoms with Crippen LogP contribution in [0.1, 0.15) is 22.5 Å². The van der Waals surface area contributed by atoms with Gasteiger partial charge in [-0.05, 0) is 66.2 Å². The molecular weight excluding hydrogens is 396 g/mol. The summed E-state index contributed by atoms with van der Waals surface area (Å²) in [6, 6.07) is 13.5. The molecule has 0 aliphatic rings. The molecule has 0 amide bonds. The number of nitrogens with zero attached hydrogens (tertiary/aromatic N) is 2. The van der Waals surface area contributed by atoms with Crippen molar-refractivity contribution in [2.45, 2.75) is 12.7 Å². The van der Waals surface area contributed by atoms with Crippen LogP contribution in [-0.2, 0) is 12.7 Å². The lowest BCUT2D eigenvalue weighted by Gasteiger charge is -2.11. The molecule has 152 valence electrons. The maximum Gasteiger partial charge on any atom is 0.416 e. The monoisotopic (exact) mass is 412 g/mol. The van der Waals surface area contributed by atoms with Gasteiger partial charge >= 0.3 is 6.18 Å². The van der Waals surface area contributed by atoms with Crippen molar-refractivity contribution in [3.63, 3.8) is 0 Å². The molecule has 0 spiro atoms. The fourth-order valence-electron chi connectivity index (χ4n) is 3.03. The highest BCUT2D eigenvalue weighted by atomic mass is 19.4. The Balaban J connectivity index is 1.54. The van der Waals surface area contributed by atoms with E-state index in [1.807, 2.05) is 42.5 Å². The van der Waals surface area contributed by atoms with Gasteiger partial charge in [0.25, 0.3) is 0 Å². The van der Waals surface area contributed by atoms with Crippen LogP contribution in [0.4, 0.5) is 23.2 Å². The summed E-state index contributed by atoms with van der Waals surface area (Å²) in [6.45, 7) is 0.0449. The van der Waals surface area contributed by atoms with E-state index in [4.69, 9.17) is 0 Å². The molecule has 0 aliphatic carbocycles. The number of aromatic amines is 1. The second-order valence-corrected chi connectivity index (χ2v) is 6.66. The fraction of sp³-hybridized carbons (Fsp3) is 0.0909. The smallest absolute Gasteiger partial charge is 0.381 e. The summed E-state index contributed by atoms with van der Waals surface area (Å²) in [4.78, 5) is 4.22. The fourth-order valence-corrected chi connectivity index (χ4v) is 3.03. The first kappa shape index (κ1) is 19.6. The first-order valence-electron chi connectivity index (χ1n) is 9.06. The van der Waals surface area contributed by atoms with Crippen molar-refractivity contribution in [3.05, 3.63) is 89.1 Å². The minimum absolute atomic E-state index is 0.0449. The number of H-pyrrole nitrogens is 1. The molecule has 4 aromatic rings. The van der Waals surface area contributed by atoms with Gasteiger partial charge < -0.3 is 5.32 Å². The van der Waals surface area contributed by atoms with Gasteiger partial charge in [0.2, 0.25) is 0 Å². The van der Waals surface area contributed by atoms with Crippen LogP contribution < -0.4 is 5.32 Å². The third kappa shape index (κ3) is 4.48. The first-order valence-corrected chi connectivity index (χ1v) is 9.06. The molecule has 2 aromatic carbocycles. The topological polar surface area (TPSA) is 53.6 Å². The van der Waals surface area contributed by atoms with Gasteiger partial charge in [0.1, 0.15) is 5.82 Å². The van der Waals surface area contributed by atoms with E-state index < -0.39 is 17.6 Å². The lowest BCUT2D eigenvalue weighted by molar-refractivity contribution is -0.137. The Morgan fingerprint density at radius 3 is 2.63 bits per heavy atom. The normalized spacial score (nSPS) is 12.0. The molecule has 0 unspecified atom stereocenters. The summed E-state index contributed by atoms with van der Waals surface area (Å²) in [5, 5.41) is 11.1. The maximum absolute atomic E-state index is 13.6. The molecule has 4 nitrogen and oxygen atoms in total. The van der Waals surface area contributed by atoms with Crippen molar-refractivity contribution in [1.29, 1.82) is 0 Å². The largest absolute Gasteiger partial charge is 0.416 e. The van der Waals surface area contributed by atoms with Crippen LogP contribution in [0.15, 0.2) is 60.8 Å². The Kier molecular flexibility index (Phi) is 5.22. The second-order valence-electron chi connectivity index (χ2n) is 6.66. The molecule has 0 saturated heterocycles. The van der Waals surface area contributed by atoms with Crippen molar-refractivity contribution >= 4 is 28.7 Å². The number of pyridine rings is 1. The molecule has 2 heterocycles. The number of hydrogen-bond acceptors (Lipinski definition) is 3. The Morgan fingerprint density at radius 2 is 1.87 bits per heavy atom. The van der Waals surface area contributed by atoms with Crippen LogP contribution >= 0.6 is 0 Å². The first-order chi connectivity index (χ1) is 14.4. The van der Waals surface area contributed by atoms with Crippen molar-refractivity contribution in [1.82, 2.24) is 15.2 Å². The second kappa shape index (κ2) is 7.98. The number of benzene rings is 2. The van der Waals surface area contributed by atoms with E-state index >= 15 is 0 Å². The van der Waals surface area contributed by atoms with Crippen LogP contribution in [0.5, 0.6) is 0 Å². The zero-order chi connectivity index (χ0) is 21.1. The molecule has 30 heavy (non-hydrogen) atoms. The quantitative estimate of drug-likeness (QED) is 0.402. The molecular formula is C22H16F4N4. The summed E-state index contributed by atoms with van der Waals surface area (Å²) < 4.78 is 52.2. The Bertz CT molecular complexity index is 1200. The van der Waals surface area contributed by atoms with Crippen LogP contribution in [0.2, 0.25) is 0 Å². The molecule has 0 atom stereocenters. The van der Waals surface area contributed by atoms with E-state index in [-0.39, 0.29) is 12.1 Å². The number of hydrogen-bond donors (Lipinski definition) is 2. The van der Waals surface area contributed by atoms with Gasteiger partial charge in [0.05, 0.1) is 22.5 Å². The summed E-state index contributed by atoms with van der Waals surface area (Å²) in [7, 11) is 0. The van der Waals surface area contributed by atoms with Crippen molar-refractivity contribution in [2.24, 2.45) is 0 Å². The Morgan fingerprint density at radius 1 is 1.00 bits per heavy atom. The molecule has 2 N–H and O–H groups in total. The van der Waals surface area contributed by atoms with Crippen molar-refractivity contribution < 1.29 is 17.6 Å². The molecule has 0 radical (unpaired) electrons. The van der Waals surface area contributed by atoms with E-state index in [0.29, 0.717) is 17.4 Å². The van der Waals surface area contributed by atoms with Crippen LogP contribution in [-0.4, -0.2) is 15.2 Å². The number of anilines is 1. The zero-order valence-corrected chi connectivity index (χ0v) is 15.5. The van der Waals surface area contributed by atoms with E-state index in [0.717, 1.165) is 28.7 Å². The van der Waals surface area contributed by atoms with E-state index in [1.165, 1.54) is 0 Å². The third-order valence-corrected chi connectivity index (χ3v) is 4.47. The molecule has 0 saturated carbocycles. The average Bonchev–Trinajstić information content (AvgIpc) is 3.13. The summed E-state index contributed by atoms with van der Waals surface area (Å²) >= 11 is 0. The predicted octanol–water partition coefficient (Wildman–Crippen LogP) is 5.90. The number of nitrogens with one attached hydrogen (secondary N) is 2. The third-order valence-electron chi connectivity index (χ3n) is 4.47. The van der Waals surface area contributed by atoms with Crippen LogP contribution in [0.25, 0.3) is 23.1 Å². The van der Waals surface area contributed by atoms with Gasteiger partial charge in [-0.2, -0.15) is 18.3 Å². The number of halogens is 4. The Hall–Kier alpha value is -3.68. The highest BCUT2D eigenvalue weighted by Crippen LogP contribution is 2.30. The van der Waals surface area contributed by atoms with Gasteiger partial charge in [0.15, 0.2) is 0 Å². The Labute approximate surface area is 169 Å². The molecule has 0 fully saturated rings. The predicted molar refractivity (Wildman–Crippen MR) is 108 cm³/mol. The van der Waals surface area contributed by atoms with Gasteiger partial charge in [-0.15, -0.1) is 0 Å². The summed E-state index contributed by atoms with van der Waals surface area (Å²) in [5.74, 6) is -0.922. The lowest BCUT2D eigenvalue weighted by Crippen LogP contribution is -2.08.